The number of aliphatic hydroxyl groups is 1. The van der Waals surface area contributed by atoms with Gasteiger partial charge in [-0.3, -0.25) is 19.5 Å². The van der Waals surface area contributed by atoms with E-state index in [2.05, 4.69) is 15.6 Å². The second-order valence-electron chi connectivity index (χ2n) is 6.94. The Labute approximate surface area is 142 Å². The van der Waals surface area contributed by atoms with Gasteiger partial charge < -0.3 is 15.7 Å². The molecule has 132 valence electrons. The van der Waals surface area contributed by atoms with Gasteiger partial charge in [0.15, 0.2) is 0 Å². The van der Waals surface area contributed by atoms with Crippen LogP contribution in [0.25, 0.3) is 0 Å². The summed E-state index contributed by atoms with van der Waals surface area (Å²) < 4.78 is 0. The van der Waals surface area contributed by atoms with E-state index in [0.717, 1.165) is 5.56 Å². The van der Waals surface area contributed by atoms with Gasteiger partial charge in [-0.15, -0.1) is 0 Å². The van der Waals surface area contributed by atoms with Crippen molar-refractivity contribution in [2.75, 3.05) is 26.2 Å². The summed E-state index contributed by atoms with van der Waals surface area (Å²) in [6.07, 6.45) is 3.58. The molecule has 0 aromatic carbocycles. The van der Waals surface area contributed by atoms with Crippen LogP contribution in [-0.4, -0.2) is 59.1 Å². The maximum Gasteiger partial charge on any atom is 0.237 e. The minimum atomic E-state index is -0.490. The van der Waals surface area contributed by atoms with Crippen LogP contribution in [0.4, 0.5) is 0 Å². The lowest BCUT2D eigenvalue weighted by Gasteiger charge is -2.34. The van der Waals surface area contributed by atoms with Crippen molar-refractivity contribution in [3.63, 3.8) is 0 Å². The summed E-state index contributed by atoms with van der Waals surface area (Å²) in [4.78, 5) is 30.5. The fraction of sp³-hybridized carbons (Fsp3) is 0.588. The molecule has 1 fully saturated rings. The van der Waals surface area contributed by atoms with Crippen LogP contribution >= 0.6 is 0 Å². The molecule has 1 saturated heterocycles. The van der Waals surface area contributed by atoms with Gasteiger partial charge in [0.1, 0.15) is 0 Å². The molecule has 0 radical (unpaired) electrons. The maximum atomic E-state index is 12.2. The smallest absolute Gasteiger partial charge is 0.237 e. The van der Waals surface area contributed by atoms with Crippen molar-refractivity contribution in [2.45, 2.75) is 32.9 Å². The number of hydrogen-bond acceptors (Lipinski definition) is 5. The zero-order valence-electron chi connectivity index (χ0n) is 14.3. The van der Waals surface area contributed by atoms with Crippen LogP contribution in [0, 0.1) is 5.41 Å². The molecule has 0 saturated carbocycles. The Morgan fingerprint density at radius 2 is 2.33 bits per heavy atom. The van der Waals surface area contributed by atoms with E-state index in [0.29, 0.717) is 26.2 Å². The number of amides is 2. The van der Waals surface area contributed by atoms with Gasteiger partial charge in [-0.2, -0.15) is 0 Å². The summed E-state index contributed by atoms with van der Waals surface area (Å²) in [6.45, 7) is 5.96. The lowest BCUT2D eigenvalue weighted by Crippen LogP contribution is -2.56. The van der Waals surface area contributed by atoms with Gasteiger partial charge in [0.2, 0.25) is 11.8 Å². The number of pyridine rings is 1. The van der Waals surface area contributed by atoms with Crippen molar-refractivity contribution in [3.05, 3.63) is 30.1 Å². The molecular weight excluding hydrogens is 308 g/mol. The van der Waals surface area contributed by atoms with E-state index in [-0.39, 0.29) is 30.3 Å². The summed E-state index contributed by atoms with van der Waals surface area (Å²) in [6, 6.07) is 3.33. The Kier molecular flexibility index (Phi) is 6.28. The van der Waals surface area contributed by atoms with Gasteiger partial charge in [0.25, 0.3) is 0 Å². The van der Waals surface area contributed by atoms with E-state index >= 15 is 0 Å². The number of carbonyl (C=O) groups is 2. The topological polar surface area (TPSA) is 94.6 Å². The Hall–Kier alpha value is -1.99. The lowest BCUT2D eigenvalue weighted by atomic mass is 9.95. The van der Waals surface area contributed by atoms with Crippen LogP contribution in [0.2, 0.25) is 0 Å². The van der Waals surface area contributed by atoms with Gasteiger partial charge in [-0.05, 0) is 11.6 Å². The highest BCUT2D eigenvalue weighted by atomic mass is 16.3. The van der Waals surface area contributed by atoms with Crippen molar-refractivity contribution in [1.82, 2.24) is 20.5 Å². The second-order valence-corrected chi connectivity index (χ2v) is 6.94. The largest absolute Gasteiger partial charge is 0.396 e. The molecule has 0 aliphatic carbocycles. The summed E-state index contributed by atoms with van der Waals surface area (Å²) >= 11 is 0. The van der Waals surface area contributed by atoms with Gasteiger partial charge in [0, 0.05) is 50.6 Å². The summed E-state index contributed by atoms with van der Waals surface area (Å²) in [5.41, 5.74) is 0.638. The van der Waals surface area contributed by atoms with E-state index in [9.17, 15) is 14.7 Å². The number of aromatic nitrogens is 1. The molecule has 2 amide bonds. The summed E-state index contributed by atoms with van der Waals surface area (Å²) in [7, 11) is 0. The first-order chi connectivity index (χ1) is 11.4. The first-order valence-corrected chi connectivity index (χ1v) is 8.19. The summed E-state index contributed by atoms with van der Waals surface area (Å²) in [5.74, 6) is -0.309. The quantitative estimate of drug-likeness (QED) is 0.648. The predicted molar refractivity (Wildman–Crippen MR) is 89.9 cm³/mol. The number of rotatable bonds is 7. The monoisotopic (exact) mass is 334 g/mol. The minimum absolute atomic E-state index is 0.00960. The third-order valence-electron chi connectivity index (χ3n) is 4.12. The fourth-order valence-electron chi connectivity index (χ4n) is 2.54. The van der Waals surface area contributed by atoms with Crippen LogP contribution in [0.15, 0.2) is 24.5 Å². The zero-order valence-corrected chi connectivity index (χ0v) is 14.3. The SMILES string of the molecule is CC(C)(CO)CNC(=O)CC1C(=O)NCCN1Cc1cccnc1. The molecular formula is C17H26N4O3. The molecule has 7 heteroatoms. The number of carbonyl (C=O) groups excluding carboxylic acids is 2. The Morgan fingerprint density at radius 1 is 1.54 bits per heavy atom. The third-order valence-corrected chi connectivity index (χ3v) is 4.12. The standard InChI is InChI=1S/C17H26N4O3/c1-17(2,12-22)11-20-15(23)8-14-16(24)19-6-7-21(14)10-13-4-3-5-18-9-13/h3-5,9,14,22H,6-8,10-12H2,1-2H3,(H,19,24)(H,20,23). The number of hydrogen-bond donors (Lipinski definition) is 3. The maximum absolute atomic E-state index is 12.2. The molecule has 7 nitrogen and oxygen atoms in total. The number of aliphatic hydroxyl groups excluding tert-OH is 1. The van der Waals surface area contributed by atoms with Gasteiger partial charge in [0.05, 0.1) is 12.5 Å². The highest BCUT2D eigenvalue weighted by molar-refractivity contribution is 5.88. The summed E-state index contributed by atoms with van der Waals surface area (Å²) in [5, 5.41) is 14.9. The van der Waals surface area contributed by atoms with Crippen LogP contribution in [0.3, 0.4) is 0 Å². The van der Waals surface area contributed by atoms with E-state index in [1.54, 1.807) is 12.4 Å². The van der Waals surface area contributed by atoms with Crippen molar-refractivity contribution in [3.8, 4) is 0 Å². The average molecular weight is 334 g/mol. The normalized spacial score (nSPS) is 19.0. The van der Waals surface area contributed by atoms with E-state index in [4.69, 9.17) is 0 Å². The molecule has 1 aliphatic heterocycles. The lowest BCUT2D eigenvalue weighted by molar-refractivity contribution is -0.134. The second kappa shape index (κ2) is 8.21. The predicted octanol–water partition coefficient (Wildman–Crippen LogP) is -0.0932. The first kappa shape index (κ1) is 18.4. The number of nitrogens with one attached hydrogen (secondary N) is 2. The van der Waals surface area contributed by atoms with Crippen LogP contribution in [-0.2, 0) is 16.1 Å². The minimum Gasteiger partial charge on any atom is -0.396 e. The zero-order chi connectivity index (χ0) is 17.6. The van der Waals surface area contributed by atoms with E-state index < -0.39 is 6.04 Å². The molecule has 2 heterocycles. The molecule has 1 atom stereocenters. The number of piperazine rings is 1. The Morgan fingerprint density at radius 3 is 3.00 bits per heavy atom. The van der Waals surface area contributed by atoms with Crippen LogP contribution in [0.1, 0.15) is 25.8 Å². The van der Waals surface area contributed by atoms with Gasteiger partial charge >= 0.3 is 0 Å². The van der Waals surface area contributed by atoms with E-state index in [1.165, 1.54) is 0 Å². The molecule has 0 spiro atoms. The molecule has 1 aliphatic rings. The van der Waals surface area contributed by atoms with Crippen LogP contribution < -0.4 is 10.6 Å². The first-order valence-electron chi connectivity index (χ1n) is 8.19. The van der Waals surface area contributed by atoms with Crippen molar-refractivity contribution in [1.29, 1.82) is 0 Å². The molecule has 2 rings (SSSR count). The fourth-order valence-corrected chi connectivity index (χ4v) is 2.54. The van der Waals surface area contributed by atoms with Crippen LogP contribution in [0.5, 0.6) is 0 Å². The van der Waals surface area contributed by atoms with Crippen molar-refractivity contribution in [2.24, 2.45) is 5.41 Å². The van der Waals surface area contributed by atoms with Crippen molar-refractivity contribution >= 4 is 11.8 Å². The molecule has 24 heavy (non-hydrogen) atoms. The molecule has 3 N–H and O–H groups in total. The molecule has 1 unspecified atom stereocenters. The Balaban J connectivity index is 1.96. The molecule has 1 aromatic heterocycles. The highest BCUT2D eigenvalue weighted by Gasteiger charge is 2.32. The van der Waals surface area contributed by atoms with Gasteiger partial charge in [-0.1, -0.05) is 19.9 Å². The van der Waals surface area contributed by atoms with Crippen molar-refractivity contribution < 1.29 is 14.7 Å². The number of nitrogens with zero attached hydrogens (tertiary/aromatic N) is 2. The molecule has 1 aromatic rings. The average Bonchev–Trinajstić information content (AvgIpc) is 2.57. The third kappa shape index (κ3) is 5.28. The van der Waals surface area contributed by atoms with E-state index in [1.807, 2.05) is 30.9 Å². The Bertz CT molecular complexity index is 562. The molecule has 0 bridgehead atoms. The highest BCUT2D eigenvalue weighted by Crippen LogP contribution is 2.15. The van der Waals surface area contributed by atoms with Gasteiger partial charge in [-0.25, -0.2) is 0 Å².